The first kappa shape index (κ1) is 17.0. The summed E-state index contributed by atoms with van der Waals surface area (Å²) in [5.41, 5.74) is 2.66. The Labute approximate surface area is 151 Å². The second-order valence-corrected chi connectivity index (χ2v) is 7.88. The fraction of sp³-hybridized carbons (Fsp3) is 0.667. The molecule has 2 fully saturated rings. The molecule has 0 spiro atoms. The molecule has 3 aliphatic rings. The van der Waals surface area contributed by atoms with Crippen LogP contribution in [0.15, 0.2) is 24.3 Å². The van der Waals surface area contributed by atoms with Gasteiger partial charge < -0.3 is 9.64 Å². The molecule has 1 aromatic rings. The van der Waals surface area contributed by atoms with E-state index in [4.69, 9.17) is 4.74 Å². The number of carbonyl (C=O) groups excluding carboxylic acids is 1. The monoisotopic (exact) mass is 342 g/mol. The molecular formula is C21H30N2O2. The summed E-state index contributed by atoms with van der Waals surface area (Å²) in [5.74, 6) is 0.450. The van der Waals surface area contributed by atoms with Crippen LogP contribution in [-0.4, -0.2) is 60.6 Å². The maximum Gasteiger partial charge on any atom is 0.230 e. The maximum atomic E-state index is 13.1. The van der Waals surface area contributed by atoms with Crippen LogP contribution < -0.4 is 0 Å². The molecule has 4 rings (SSSR count). The van der Waals surface area contributed by atoms with Gasteiger partial charge in [-0.25, -0.2) is 0 Å². The Morgan fingerprint density at radius 3 is 2.72 bits per heavy atom. The van der Waals surface area contributed by atoms with Crippen molar-refractivity contribution in [2.24, 2.45) is 0 Å². The smallest absolute Gasteiger partial charge is 0.230 e. The van der Waals surface area contributed by atoms with Gasteiger partial charge >= 0.3 is 0 Å². The number of piperidine rings is 1. The van der Waals surface area contributed by atoms with Gasteiger partial charge in [-0.3, -0.25) is 9.69 Å². The summed E-state index contributed by atoms with van der Waals surface area (Å²) in [6.45, 7) is 6.90. The van der Waals surface area contributed by atoms with E-state index in [1.54, 1.807) is 0 Å². The molecule has 1 aromatic carbocycles. The van der Waals surface area contributed by atoms with Gasteiger partial charge in [-0.15, -0.1) is 0 Å². The van der Waals surface area contributed by atoms with Crippen molar-refractivity contribution in [1.29, 1.82) is 0 Å². The van der Waals surface area contributed by atoms with Gasteiger partial charge in [0.2, 0.25) is 5.91 Å². The molecule has 4 nitrogen and oxygen atoms in total. The molecule has 2 atom stereocenters. The van der Waals surface area contributed by atoms with Crippen LogP contribution in [0, 0.1) is 0 Å². The van der Waals surface area contributed by atoms with E-state index in [1.165, 1.54) is 11.1 Å². The third-order valence-electron chi connectivity index (χ3n) is 6.23. The Morgan fingerprint density at radius 1 is 1.12 bits per heavy atom. The highest BCUT2D eigenvalue weighted by atomic mass is 16.5. The quantitative estimate of drug-likeness (QED) is 0.828. The van der Waals surface area contributed by atoms with Crippen molar-refractivity contribution in [1.82, 2.24) is 9.80 Å². The molecule has 2 saturated heterocycles. The molecule has 0 N–H and O–H groups in total. The lowest BCUT2D eigenvalue weighted by atomic mass is 9.81. The number of carbonyl (C=O) groups is 1. The highest BCUT2D eigenvalue weighted by Gasteiger charge is 2.34. The zero-order valence-electron chi connectivity index (χ0n) is 15.3. The third kappa shape index (κ3) is 3.61. The number of fused-ring (bicyclic) bond motifs is 1. The van der Waals surface area contributed by atoms with E-state index >= 15 is 0 Å². The maximum absolute atomic E-state index is 13.1. The summed E-state index contributed by atoms with van der Waals surface area (Å²) in [5, 5.41) is 0. The summed E-state index contributed by atoms with van der Waals surface area (Å²) in [7, 11) is 0. The molecule has 0 radical (unpaired) electrons. The molecule has 2 heterocycles. The SMILES string of the molecule is C[C@@H]1CN(C2CCN(C(=O)[C@@H]3CCCc4ccccc43)CC2)CCO1. The Bertz CT molecular complexity index is 610. The highest BCUT2D eigenvalue weighted by molar-refractivity contribution is 5.84. The van der Waals surface area contributed by atoms with Crippen LogP contribution in [0.25, 0.3) is 0 Å². The van der Waals surface area contributed by atoms with Crippen LogP contribution in [0.3, 0.4) is 0 Å². The number of benzene rings is 1. The summed E-state index contributed by atoms with van der Waals surface area (Å²) in [6, 6.07) is 9.16. The summed E-state index contributed by atoms with van der Waals surface area (Å²) >= 11 is 0. The number of aryl methyl sites for hydroxylation is 1. The van der Waals surface area contributed by atoms with Crippen molar-refractivity contribution < 1.29 is 9.53 Å². The summed E-state index contributed by atoms with van der Waals surface area (Å²) < 4.78 is 5.66. The lowest BCUT2D eigenvalue weighted by molar-refractivity contribution is -0.135. The van der Waals surface area contributed by atoms with Crippen LogP contribution in [0.1, 0.15) is 49.7 Å². The van der Waals surface area contributed by atoms with Gasteiger partial charge in [-0.05, 0) is 50.2 Å². The molecule has 0 unspecified atom stereocenters. The minimum atomic E-state index is 0.0879. The molecule has 0 aromatic heterocycles. The van der Waals surface area contributed by atoms with E-state index < -0.39 is 0 Å². The average molecular weight is 342 g/mol. The van der Waals surface area contributed by atoms with Gasteiger partial charge in [0, 0.05) is 32.2 Å². The fourth-order valence-electron chi connectivity index (χ4n) is 4.86. The van der Waals surface area contributed by atoms with Crippen LogP contribution >= 0.6 is 0 Å². The number of nitrogens with zero attached hydrogens (tertiary/aromatic N) is 2. The Hall–Kier alpha value is -1.39. The van der Waals surface area contributed by atoms with E-state index in [2.05, 4.69) is 41.0 Å². The fourth-order valence-corrected chi connectivity index (χ4v) is 4.86. The Balaban J connectivity index is 1.37. The zero-order valence-corrected chi connectivity index (χ0v) is 15.3. The van der Waals surface area contributed by atoms with Crippen LogP contribution in [0.5, 0.6) is 0 Å². The van der Waals surface area contributed by atoms with Gasteiger partial charge in [0.05, 0.1) is 18.6 Å². The lowest BCUT2D eigenvalue weighted by Crippen LogP contribution is -2.52. The molecule has 4 heteroatoms. The van der Waals surface area contributed by atoms with Gasteiger partial charge in [0.15, 0.2) is 0 Å². The largest absolute Gasteiger partial charge is 0.376 e. The van der Waals surface area contributed by atoms with E-state index in [-0.39, 0.29) is 5.92 Å². The zero-order chi connectivity index (χ0) is 17.2. The molecule has 2 aliphatic heterocycles. The number of ether oxygens (including phenoxy) is 1. The van der Waals surface area contributed by atoms with Crippen LogP contribution in [0.4, 0.5) is 0 Å². The minimum Gasteiger partial charge on any atom is -0.376 e. The molecular weight excluding hydrogens is 312 g/mol. The molecule has 0 saturated carbocycles. The topological polar surface area (TPSA) is 32.8 Å². The first-order valence-electron chi connectivity index (χ1n) is 9.94. The van der Waals surface area contributed by atoms with E-state index in [0.29, 0.717) is 18.1 Å². The predicted molar refractivity (Wildman–Crippen MR) is 98.7 cm³/mol. The summed E-state index contributed by atoms with van der Waals surface area (Å²) in [4.78, 5) is 17.9. The summed E-state index contributed by atoms with van der Waals surface area (Å²) in [6.07, 6.45) is 5.82. The predicted octanol–water partition coefficient (Wildman–Crippen LogP) is 2.82. The lowest BCUT2D eigenvalue weighted by Gasteiger charge is -2.42. The molecule has 0 bridgehead atoms. The first-order chi connectivity index (χ1) is 12.2. The molecule has 1 amide bonds. The average Bonchev–Trinajstić information content (AvgIpc) is 2.67. The Kier molecular flexibility index (Phi) is 5.09. The number of morpholine rings is 1. The minimum absolute atomic E-state index is 0.0879. The van der Waals surface area contributed by atoms with Crippen molar-refractivity contribution in [3.05, 3.63) is 35.4 Å². The standard InChI is InChI=1S/C21H30N2O2/c1-16-15-23(13-14-25-16)18-9-11-22(12-10-18)21(24)20-8-4-6-17-5-2-3-7-19(17)20/h2-3,5,7,16,18,20H,4,6,8-15H2,1H3/t16-,20-/m1/s1. The van der Waals surface area contributed by atoms with E-state index in [0.717, 1.165) is 64.9 Å². The second-order valence-electron chi connectivity index (χ2n) is 7.88. The van der Waals surface area contributed by atoms with Crippen molar-refractivity contribution in [3.8, 4) is 0 Å². The van der Waals surface area contributed by atoms with Gasteiger partial charge in [0.25, 0.3) is 0 Å². The van der Waals surface area contributed by atoms with Crippen LogP contribution in [0.2, 0.25) is 0 Å². The number of hydrogen-bond acceptors (Lipinski definition) is 3. The second kappa shape index (κ2) is 7.46. The van der Waals surface area contributed by atoms with Crippen molar-refractivity contribution in [2.45, 2.75) is 57.1 Å². The van der Waals surface area contributed by atoms with Crippen molar-refractivity contribution in [3.63, 3.8) is 0 Å². The number of likely N-dealkylation sites (tertiary alicyclic amines) is 1. The Morgan fingerprint density at radius 2 is 1.92 bits per heavy atom. The van der Waals surface area contributed by atoms with Gasteiger partial charge in [-0.1, -0.05) is 24.3 Å². The molecule has 136 valence electrons. The van der Waals surface area contributed by atoms with Crippen LogP contribution in [-0.2, 0) is 16.0 Å². The van der Waals surface area contributed by atoms with Crippen molar-refractivity contribution in [2.75, 3.05) is 32.8 Å². The number of rotatable bonds is 2. The molecule has 25 heavy (non-hydrogen) atoms. The third-order valence-corrected chi connectivity index (χ3v) is 6.23. The van der Waals surface area contributed by atoms with Crippen molar-refractivity contribution >= 4 is 5.91 Å². The highest BCUT2D eigenvalue weighted by Crippen LogP contribution is 2.33. The first-order valence-corrected chi connectivity index (χ1v) is 9.94. The van der Waals surface area contributed by atoms with E-state index in [9.17, 15) is 4.79 Å². The molecule has 1 aliphatic carbocycles. The van der Waals surface area contributed by atoms with Gasteiger partial charge in [0.1, 0.15) is 0 Å². The van der Waals surface area contributed by atoms with E-state index in [1.807, 2.05) is 0 Å². The van der Waals surface area contributed by atoms with Gasteiger partial charge in [-0.2, -0.15) is 0 Å². The number of amides is 1. The normalized spacial score (nSPS) is 28.6. The number of hydrogen-bond donors (Lipinski definition) is 0.